The summed E-state index contributed by atoms with van der Waals surface area (Å²) in [6, 6.07) is 8.49. The molecule has 1 aromatic heterocycles. The molecule has 0 aliphatic heterocycles. The van der Waals surface area contributed by atoms with Gasteiger partial charge in [-0.3, -0.25) is 0 Å². The molecule has 0 unspecified atom stereocenters. The van der Waals surface area contributed by atoms with E-state index in [1.54, 1.807) is 6.07 Å². The normalized spacial score (nSPS) is 11.4. The molecule has 2 aromatic rings. The highest BCUT2D eigenvalue weighted by Gasteiger charge is 2.32. The van der Waals surface area contributed by atoms with Crippen LogP contribution in [0.4, 0.5) is 13.2 Å². The number of aromatic nitrogens is 1. The SMILES string of the molecule is OCc1ccc(Cl)nc1-c1ccccc1OC(F)(F)F. The lowest BCUT2D eigenvalue weighted by Gasteiger charge is -2.14. The number of rotatable bonds is 3. The molecule has 0 saturated heterocycles. The van der Waals surface area contributed by atoms with Gasteiger partial charge >= 0.3 is 6.36 Å². The summed E-state index contributed by atoms with van der Waals surface area (Å²) in [6.07, 6.45) is -4.81. The fourth-order valence-corrected chi connectivity index (χ4v) is 1.85. The molecule has 1 N–H and O–H groups in total. The van der Waals surface area contributed by atoms with Crippen LogP contribution in [0.3, 0.4) is 0 Å². The number of ether oxygens (including phenoxy) is 1. The number of nitrogens with zero attached hydrogens (tertiary/aromatic N) is 1. The minimum absolute atomic E-state index is 0.108. The molecule has 0 atom stereocenters. The first-order valence-corrected chi connectivity index (χ1v) is 5.90. The second-order valence-electron chi connectivity index (χ2n) is 3.84. The zero-order valence-corrected chi connectivity index (χ0v) is 10.7. The van der Waals surface area contributed by atoms with Gasteiger partial charge in [0.25, 0.3) is 0 Å². The van der Waals surface area contributed by atoms with Gasteiger partial charge in [-0.15, -0.1) is 13.2 Å². The van der Waals surface area contributed by atoms with E-state index in [9.17, 15) is 18.3 Å². The van der Waals surface area contributed by atoms with Crippen LogP contribution in [0.5, 0.6) is 5.75 Å². The molecule has 106 valence electrons. The summed E-state index contributed by atoms with van der Waals surface area (Å²) in [5.41, 5.74) is 0.615. The zero-order chi connectivity index (χ0) is 14.8. The maximum Gasteiger partial charge on any atom is 0.573 e. The predicted molar refractivity (Wildman–Crippen MR) is 67.3 cm³/mol. The minimum atomic E-state index is -4.81. The van der Waals surface area contributed by atoms with Gasteiger partial charge in [0.05, 0.1) is 12.3 Å². The number of pyridine rings is 1. The third kappa shape index (κ3) is 3.40. The Hall–Kier alpha value is -1.79. The Morgan fingerprint density at radius 1 is 1.15 bits per heavy atom. The Bertz CT molecular complexity index is 617. The molecule has 1 heterocycles. The smallest absolute Gasteiger partial charge is 0.405 e. The van der Waals surface area contributed by atoms with Gasteiger partial charge in [0, 0.05) is 11.1 Å². The number of para-hydroxylation sites is 1. The average molecular weight is 304 g/mol. The molecule has 7 heteroatoms. The van der Waals surface area contributed by atoms with E-state index in [2.05, 4.69) is 9.72 Å². The molecule has 0 fully saturated rings. The Labute approximate surface area is 117 Å². The predicted octanol–water partition coefficient (Wildman–Crippen LogP) is 3.79. The fourth-order valence-electron chi connectivity index (χ4n) is 1.70. The molecule has 0 radical (unpaired) electrons. The number of aliphatic hydroxyl groups excluding tert-OH is 1. The number of hydrogen-bond donors (Lipinski definition) is 1. The summed E-state index contributed by atoms with van der Waals surface area (Å²) in [5.74, 6) is -0.399. The van der Waals surface area contributed by atoms with Crippen LogP contribution in [0, 0.1) is 0 Å². The second-order valence-corrected chi connectivity index (χ2v) is 4.23. The zero-order valence-electron chi connectivity index (χ0n) is 9.99. The van der Waals surface area contributed by atoms with Crippen molar-refractivity contribution in [1.29, 1.82) is 0 Å². The van der Waals surface area contributed by atoms with E-state index >= 15 is 0 Å². The van der Waals surface area contributed by atoms with E-state index < -0.39 is 12.1 Å². The fraction of sp³-hybridized carbons (Fsp3) is 0.154. The molecule has 3 nitrogen and oxygen atoms in total. The summed E-state index contributed by atoms with van der Waals surface area (Å²) in [6.45, 7) is -0.375. The van der Waals surface area contributed by atoms with Gasteiger partial charge in [-0.25, -0.2) is 4.98 Å². The van der Waals surface area contributed by atoms with Crippen molar-refractivity contribution in [3.05, 3.63) is 47.1 Å². The van der Waals surface area contributed by atoms with E-state index in [-0.39, 0.29) is 23.0 Å². The van der Waals surface area contributed by atoms with Crippen molar-refractivity contribution in [2.24, 2.45) is 0 Å². The van der Waals surface area contributed by atoms with E-state index in [1.807, 2.05) is 0 Å². The minimum Gasteiger partial charge on any atom is -0.405 e. The second kappa shape index (κ2) is 5.68. The molecule has 2 rings (SSSR count). The molecule has 0 bridgehead atoms. The first-order valence-electron chi connectivity index (χ1n) is 5.52. The summed E-state index contributed by atoms with van der Waals surface area (Å²) < 4.78 is 41.1. The summed E-state index contributed by atoms with van der Waals surface area (Å²) in [7, 11) is 0. The molecule has 20 heavy (non-hydrogen) atoms. The van der Waals surface area contributed by atoms with Gasteiger partial charge < -0.3 is 9.84 Å². The van der Waals surface area contributed by atoms with Crippen molar-refractivity contribution in [2.75, 3.05) is 0 Å². The largest absolute Gasteiger partial charge is 0.573 e. The summed E-state index contributed by atoms with van der Waals surface area (Å²) in [4.78, 5) is 3.96. The quantitative estimate of drug-likeness (QED) is 0.877. The number of alkyl halides is 3. The van der Waals surface area contributed by atoms with Crippen LogP contribution in [0.2, 0.25) is 5.15 Å². The van der Waals surface area contributed by atoms with E-state index in [1.165, 1.54) is 30.3 Å². The van der Waals surface area contributed by atoms with Gasteiger partial charge in [-0.05, 0) is 18.2 Å². The van der Waals surface area contributed by atoms with Crippen molar-refractivity contribution in [3.8, 4) is 17.0 Å². The maximum atomic E-state index is 12.4. The molecular weight excluding hydrogens is 295 g/mol. The number of hydrogen-bond acceptors (Lipinski definition) is 3. The third-order valence-corrected chi connectivity index (χ3v) is 2.69. The van der Waals surface area contributed by atoms with Crippen molar-refractivity contribution >= 4 is 11.6 Å². The summed E-state index contributed by atoms with van der Waals surface area (Å²) in [5, 5.41) is 9.36. The van der Waals surface area contributed by atoms with Gasteiger partial charge in [0.1, 0.15) is 10.9 Å². The van der Waals surface area contributed by atoms with Gasteiger partial charge in [-0.2, -0.15) is 0 Å². The molecule has 0 saturated carbocycles. The Balaban J connectivity index is 2.55. The molecule has 0 aliphatic rings. The van der Waals surface area contributed by atoms with Crippen molar-refractivity contribution in [3.63, 3.8) is 0 Å². The number of halogens is 4. The molecular formula is C13H9ClF3NO2. The maximum absolute atomic E-state index is 12.4. The highest BCUT2D eigenvalue weighted by Crippen LogP contribution is 2.34. The van der Waals surface area contributed by atoms with E-state index in [0.29, 0.717) is 5.56 Å². The van der Waals surface area contributed by atoms with Gasteiger partial charge in [-0.1, -0.05) is 29.8 Å². The Morgan fingerprint density at radius 2 is 1.85 bits per heavy atom. The van der Waals surface area contributed by atoms with Gasteiger partial charge in [0.15, 0.2) is 0 Å². The average Bonchev–Trinajstić information content (AvgIpc) is 2.37. The molecule has 0 amide bonds. The van der Waals surface area contributed by atoms with E-state index in [0.717, 1.165) is 0 Å². The highest BCUT2D eigenvalue weighted by atomic mass is 35.5. The highest BCUT2D eigenvalue weighted by molar-refractivity contribution is 6.29. The third-order valence-electron chi connectivity index (χ3n) is 2.48. The first kappa shape index (κ1) is 14.6. The lowest BCUT2D eigenvalue weighted by atomic mass is 10.1. The molecule has 0 aliphatic carbocycles. The van der Waals surface area contributed by atoms with Crippen LogP contribution in [0.1, 0.15) is 5.56 Å². The molecule has 0 spiro atoms. The van der Waals surface area contributed by atoms with Crippen molar-refractivity contribution in [1.82, 2.24) is 4.98 Å². The van der Waals surface area contributed by atoms with Crippen LogP contribution in [0.25, 0.3) is 11.3 Å². The van der Waals surface area contributed by atoms with Gasteiger partial charge in [0.2, 0.25) is 0 Å². The van der Waals surface area contributed by atoms with Crippen molar-refractivity contribution in [2.45, 2.75) is 13.0 Å². The monoisotopic (exact) mass is 303 g/mol. The van der Waals surface area contributed by atoms with Crippen LogP contribution in [-0.4, -0.2) is 16.5 Å². The number of benzene rings is 1. The van der Waals surface area contributed by atoms with Crippen molar-refractivity contribution < 1.29 is 23.0 Å². The van der Waals surface area contributed by atoms with Crippen LogP contribution in [0.15, 0.2) is 36.4 Å². The van der Waals surface area contributed by atoms with Crippen LogP contribution in [-0.2, 0) is 6.61 Å². The van der Waals surface area contributed by atoms with Crippen LogP contribution < -0.4 is 4.74 Å². The number of aliphatic hydroxyl groups is 1. The topological polar surface area (TPSA) is 42.4 Å². The molecule has 1 aromatic carbocycles. The Kier molecular flexibility index (Phi) is 4.15. The lowest BCUT2D eigenvalue weighted by Crippen LogP contribution is -2.17. The standard InChI is InChI=1S/C13H9ClF3NO2/c14-11-6-5-8(7-19)12(18-11)9-3-1-2-4-10(9)20-13(15,16)17/h1-6,19H,7H2. The van der Waals surface area contributed by atoms with Crippen LogP contribution >= 0.6 is 11.6 Å². The first-order chi connectivity index (χ1) is 9.40. The van der Waals surface area contributed by atoms with E-state index in [4.69, 9.17) is 11.6 Å². The lowest BCUT2D eigenvalue weighted by molar-refractivity contribution is -0.274. The Morgan fingerprint density at radius 3 is 2.50 bits per heavy atom. The summed E-state index contributed by atoms with van der Waals surface area (Å²) >= 11 is 5.75.